The summed E-state index contributed by atoms with van der Waals surface area (Å²) in [5.74, 6) is 0. The Bertz CT molecular complexity index is 580. The van der Waals surface area contributed by atoms with Crippen LogP contribution in [0, 0.1) is 0 Å². The second-order valence-electron chi connectivity index (χ2n) is 4.08. The minimum atomic E-state index is -0.0724. The van der Waals surface area contributed by atoms with Gasteiger partial charge in [0.05, 0.1) is 22.1 Å². The molecule has 2 aromatic rings. The summed E-state index contributed by atoms with van der Waals surface area (Å²) in [6, 6.07) is 5.75. The van der Waals surface area contributed by atoms with Gasteiger partial charge in [-0.3, -0.25) is 4.57 Å². The van der Waals surface area contributed by atoms with Gasteiger partial charge in [-0.1, -0.05) is 17.7 Å². The summed E-state index contributed by atoms with van der Waals surface area (Å²) >= 11 is 6.15. The molecule has 1 aromatic heterocycles. The first-order valence-corrected chi connectivity index (χ1v) is 5.74. The summed E-state index contributed by atoms with van der Waals surface area (Å²) in [5, 5.41) is 3.88. The van der Waals surface area contributed by atoms with Crippen molar-refractivity contribution in [2.75, 3.05) is 13.1 Å². The predicted octanol–water partition coefficient (Wildman–Crippen LogP) is 1.52. The standard InChI is InChI=1S/C11H12ClN3O/c12-8-2-1-3-9-10(8)15(11(16)14-9)7-4-5-13-6-7/h1-3,7,13H,4-6H2,(H,14,16)/t7-/m0/s1. The molecule has 0 aliphatic carbocycles. The van der Waals surface area contributed by atoms with Crippen LogP contribution in [0.5, 0.6) is 0 Å². The molecule has 1 aliphatic heterocycles. The molecule has 0 saturated carbocycles. The molecule has 0 radical (unpaired) electrons. The van der Waals surface area contributed by atoms with E-state index in [-0.39, 0.29) is 11.7 Å². The molecule has 5 heteroatoms. The molecule has 0 amide bonds. The van der Waals surface area contributed by atoms with E-state index < -0.39 is 0 Å². The lowest BCUT2D eigenvalue weighted by molar-refractivity contribution is 0.546. The van der Waals surface area contributed by atoms with E-state index in [1.807, 2.05) is 18.2 Å². The van der Waals surface area contributed by atoms with E-state index in [2.05, 4.69) is 10.3 Å². The molecule has 0 bridgehead atoms. The highest BCUT2D eigenvalue weighted by atomic mass is 35.5. The van der Waals surface area contributed by atoms with Crippen LogP contribution < -0.4 is 11.0 Å². The van der Waals surface area contributed by atoms with Gasteiger partial charge in [0.1, 0.15) is 0 Å². The van der Waals surface area contributed by atoms with Crippen LogP contribution in [0.3, 0.4) is 0 Å². The number of para-hydroxylation sites is 1. The number of nitrogens with zero attached hydrogens (tertiary/aromatic N) is 1. The maximum absolute atomic E-state index is 11.9. The number of fused-ring (bicyclic) bond motifs is 1. The van der Waals surface area contributed by atoms with Crippen molar-refractivity contribution >= 4 is 22.6 Å². The van der Waals surface area contributed by atoms with Gasteiger partial charge in [0.25, 0.3) is 0 Å². The van der Waals surface area contributed by atoms with Crippen LogP contribution in [0.4, 0.5) is 0 Å². The molecule has 2 N–H and O–H groups in total. The van der Waals surface area contributed by atoms with Crippen LogP contribution in [0.2, 0.25) is 5.02 Å². The van der Waals surface area contributed by atoms with Gasteiger partial charge < -0.3 is 10.3 Å². The van der Waals surface area contributed by atoms with E-state index in [4.69, 9.17) is 11.6 Å². The van der Waals surface area contributed by atoms with Gasteiger partial charge in [-0.05, 0) is 25.1 Å². The first-order chi connectivity index (χ1) is 7.77. The van der Waals surface area contributed by atoms with Crippen molar-refractivity contribution in [3.63, 3.8) is 0 Å². The van der Waals surface area contributed by atoms with Gasteiger partial charge >= 0.3 is 5.69 Å². The van der Waals surface area contributed by atoms with Gasteiger partial charge in [0.2, 0.25) is 0 Å². The number of benzene rings is 1. The van der Waals surface area contributed by atoms with Crippen molar-refractivity contribution in [1.29, 1.82) is 0 Å². The van der Waals surface area contributed by atoms with Crippen LogP contribution in [-0.2, 0) is 0 Å². The van der Waals surface area contributed by atoms with Crippen LogP contribution in [0.25, 0.3) is 11.0 Å². The third-order valence-electron chi connectivity index (χ3n) is 3.09. The summed E-state index contributed by atoms with van der Waals surface area (Å²) in [6.45, 7) is 1.78. The van der Waals surface area contributed by atoms with Gasteiger partial charge in [0.15, 0.2) is 0 Å². The number of hydrogen-bond acceptors (Lipinski definition) is 2. The second kappa shape index (κ2) is 3.64. The van der Waals surface area contributed by atoms with Crippen molar-refractivity contribution in [3.8, 4) is 0 Å². The maximum atomic E-state index is 11.9. The van der Waals surface area contributed by atoms with Crippen LogP contribution in [-0.4, -0.2) is 22.6 Å². The molecule has 3 rings (SSSR count). The molecule has 84 valence electrons. The number of rotatable bonds is 1. The minimum absolute atomic E-state index is 0.0724. The van der Waals surface area contributed by atoms with Gasteiger partial charge in [-0.25, -0.2) is 4.79 Å². The Morgan fingerprint density at radius 3 is 3.06 bits per heavy atom. The number of aromatic nitrogens is 2. The molecule has 4 nitrogen and oxygen atoms in total. The first kappa shape index (κ1) is 9.93. The lowest BCUT2D eigenvalue weighted by Crippen LogP contribution is -2.23. The fourth-order valence-electron chi connectivity index (χ4n) is 2.35. The highest BCUT2D eigenvalue weighted by molar-refractivity contribution is 6.34. The molecule has 1 atom stereocenters. The Kier molecular flexibility index (Phi) is 2.26. The minimum Gasteiger partial charge on any atom is -0.315 e. The van der Waals surface area contributed by atoms with Gasteiger partial charge in [-0.2, -0.15) is 0 Å². The highest BCUT2D eigenvalue weighted by Crippen LogP contribution is 2.25. The molecule has 1 saturated heterocycles. The summed E-state index contributed by atoms with van der Waals surface area (Å²) in [5.41, 5.74) is 1.56. The van der Waals surface area contributed by atoms with Crippen molar-refractivity contribution in [3.05, 3.63) is 33.7 Å². The predicted molar refractivity (Wildman–Crippen MR) is 64.1 cm³/mol. The van der Waals surface area contributed by atoms with Crippen molar-refractivity contribution < 1.29 is 0 Å². The smallest absolute Gasteiger partial charge is 0.315 e. The quantitative estimate of drug-likeness (QED) is 0.790. The van der Waals surface area contributed by atoms with E-state index in [0.29, 0.717) is 5.02 Å². The fourth-order valence-corrected chi connectivity index (χ4v) is 2.61. The zero-order chi connectivity index (χ0) is 11.1. The Hall–Kier alpha value is -1.26. The lowest BCUT2D eigenvalue weighted by Gasteiger charge is -2.10. The van der Waals surface area contributed by atoms with Gasteiger partial charge in [0, 0.05) is 6.54 Å². The maximum Gasteiger partial charge on any atom is 0.326 e. The molecule has 0 unspecified atom stereocenters. The fraction of sp³-hybridized carbons (Fsp3) is 0.364. The van der Waals surface area contributed by atoms with E-state index in [0.717, 1.165) is 30.5 Å². The molecular weight excluding hydrogens is 226 g/mol. The van der Waals surface area contributed by atoms with Crippen LogP contribution in [0.1, 0.15) is 12.5 Å². The summed E-state index contributed by atoms with van der Waals surface area (Å²) in [4.78, 5) is 14.7. The van der Waals surface area contributed by atoms with E-state index >= 15 is 0 Å². The van der Waals surface area contributed by atoms with E-state index in [1.54, 1.807) is 4.57 Å². The molecule has 16 heavy (non-hydrogen) atoms. The number of aromatic amines is 1. The Labute approximate surface area is 97.2 Å². The number of nitrogens with one attached hydrogen (secondary N) is 2. The molecule has 2 heterocycles. The van der Waals surface area contributed by atoms with E-state index in [9.17, 15) is 4.79 Å². The average Bonchev–Trinajstić information content (AvgIpc) is 2.84. The topological polar surface area (TPSA) is 49.8 Å². The monoisotopic (exact) mass is 237 g/mol. The zero-order valence-electron chi connectivity index (χ0n) is 8.66. The van der Waals surface area contributed by atoms with E-state index in [1.165, 1.54) is 0 Å². The number of halogens is 1. The van der Waals surface area contributed by atoms with Crippen LogP contribution in [0.15, 0.2) is 23.0 Å². The number of hydrogen-bond donors (Lipinski definition) is 2. The Morgan fingerprint density at radius 2 is 2.31 bits per heavy atom. The molecule has 1 aromatic carbocycles. The Balaban J connectivity index is 2.29. The second-order valence-corrected chi connectivity index (χ2v) is 4.49. The highest BCUT2D eigenvalue weighted by Gasteiger charge is 2.21. The third kappa shape index (κ3) is 1.37. The number of imidazole rings is 1. The van der Waals surface area contributed by atoms with Gasteiger partial charge in [-0.15, -0.1) is 0 Å². The zero-order valence-corrected chi connectivity index (χ0v) is 9.42. The first-order valence-electron chi connectivity index (χ1n) is 5.37. The molecular formula is C11H12ClN3O. The van der Waals surface area contributed by atoms with Crippen LogP contribution >= 0.6 is 11.6 Å². The summed E-state index contributed by atoms with van der Waals surface area (Å²) in [6.07, 6.45) is 0.970. The summed E-state index contributed by atoms with van der Waals surface area (Å²) < 4.78 is 1.78. The molecule has 0 spiro atoms. The summed E-state index contributed by atoms with van der Waals surface area (Å²) in [7, 11) is 0. The third-order valence-corrected chi connectivity index (χ3v) is 3.39. The van der Waals surface area contributed by atoms with Crippen molar-refractivity contribution in [2.45, 2.75) is 12.5 Å². The lowest BCUT2D eigenvalue weighted by atomic mass is 10.2. The normalized spacial score (nSPS) is 20.7. The number of H-pyrrole nitrogens is 1. The Morgan fingerprint density at radius 1 is 1.44 bits per heavy atom. The molecule has 1 aliphatic rings. The molecule has 1 fully saturated rings. The SMILES string of the molecule is O=c1[nH]c2cccc(Cl)c2n1[C@H]1CCNC1. The van der Waals surface area contributed by atoms with Crippen molar-refractivity contribution in [2.24, 2.45) is 0 Å². The average molecular weight is 238 g/mol. The van der Waals surface area contributed by atoms with Crippen molar-refractivity contribution in [1.82, 2.24) is 14.9 Å². The largest absolute Gasteiger partial charge is 0.326 e.